The molecule has 2 rings (SSSR count). The first-order valence-electron chi connectivity index (χ1n) is 10.9. The number of anilines is 1. The van der Waals surface area contributed by atoms with Gasteiger partial charge in [0.25, 0.3) is 0 Å². The van der Waals surface area contributed by atoms with Crippen LogP contribution in [0.3, 0.4) is 0 Å². The lowest BCUT2D eigenvalue weighted by Crippen LogP contribution is -2.52. The van der Waals surface area contributed by atoms with E-state index >= 15 is 0 Å². The van der Waals surface area contributed by atoms with Crippen LogP contribution in [0.2, 0.25) is 0 Å². The van der Waals surface area contributed by atoms with E-state index in [1.807, 2.05) is 63.2 Å². The van der Waals surface area contributed by atoms with E-state index in [0.717, 1.165) is 21.7 Å². The van der Waals surface area contributed by atoms with Crippen molar-refractivity contribution in [3.05, 3.63) is 65.7 Å². The van der Waals surface area contributed by atoms with Gasteiger partial charge in [0.1, 0.15) is 12.6 Å². The molecule has 1 N–H and O–H groups in total. The van der Waals surface area contributed by atoms with Gasteiger partial charge in [0.2, 0.25) is 21.8 Å². The minimum Gasteiger partial charge on any atom is -0.355 e. The summed E-state index contributed by atoms with van der Waals surface area (Å²) in [6, 6.07) is 15.8. The van der Waals surface area contributed by atoms with Gasteiger partial charge in [-0.15, -0.1) is 0 Å². The first-order valence-corrected chi connectivity index (χ1v) is 12.7. The van der Waals surface area contributed by atoms with Gasteiger partial charge in [-0.1, -0.05) is 62.4 Å². The zero-order valence-electron chi connectivity index (χ0n) is 19.2. The van der Waals surface area contributed by atoms with Crippen LogP contribution in [0.1, 0.15) is 38.3 Å². The lowest BCUT2D eigenvalue weighted by molar-refractivity contribution is -0.140. The van der Waals surface area contributed by atoms with Gasteiger partial charge in [-0.3, -0.25) is 13.9 Å². The third-order valence-corrected chi connectivity index (χ3v) is 6.38. The zero-order valence-corrected chi connectivity index (χ0v) is 20.1. The van der Waals surface area contributed by atoms with E-state index in [2.05, 4.69) is 5.32 Å². The van der Waals surface area contributed by atoms with Gasteiger partial charge >= 0.3 is 0 Å². The Morgan fingerprint density at radius 3 is 2.16 bits per heavy atom. The predicted molar refractivity (Wildman–Crippen MR) is 128 cm³/mol. The number of rotatable bonds is 11. The lowest BCUT2D eigenvalue weighted by Gasteiger charge is -2.33. The summed E-state index contributed by atoms with van der Waals surface area (Å²) < 4.78 is 26.5. The van der Waals surface area contributed by atoms with E-state index in [-0.39, 0.29) is 19.0 Å². The normalized spacial score (nSPS) is 12.1. The number of nitrogens with one attached hydrogen (secondary N) is 1. The summed E-state index contributed by atoms with van der Waals surface area (Å²) in [5.74, 6) is -0.678. The topological polar surface area (TPSA) is 86.8 Å². The van der Waals surface area contributed by atoms with Crippen LogP contribution in [0.4, 0.5) is 5.69 Å². The highest BCUT2D eigenvalue weighted by Gasteiger charge is 2.31. The quantitative estimate of drug-likeness (QED) is 0.560. The van der Waals surface area contributed by atoms with Crippen molar-refractivity contribution in [1.29, 1.82) is 0 Å². The maximum atomic E-state index is 13.5. The largest absolute Gasteiger partial charge is 0.355 e. The van der Waals surface area contributed by atoms with Crippen molar-refractivity contribution in [2.75, 3.05) is 23.7 Å². The van der Waals surface area contributed by atoms with Crippen LogP contribution in [0.15, 0.2) is 54.6 Å². The molecule has 0 fully saturated rings. The molecular formula is C24H33N3O4S. The molecule has 32 heavy (non-hydrogen) atoms. The first-order chi connectivity index (χ1) is 15.2. The average Bonchev–Trinajstić information content (AvgIpc) is 2.77. The molecule has 0 unspecified atom stereocenters. The average molecular weight is 460 g/mol. The summed E-state index contributed by atoms with van der Waals surface area (Å²) in [7, 11) is -3.73. The van der Waals surface area contributed by atoms with Crippen LogP contribution in [0.25, 0.3) is 0 Å². The van der Waals surface area contributed by atoms with Crippen molar-refractivity contribution >= 4 is 27.5 Å². The molecule has 2 amide bonds. The molecule has 0 aliphatic rings. The van der Waals surface area contributed by atoms with Crippen LogP contribution in [-0.2, 0) is 32.6 Å². The van der Waals surface area contributed by atoms with Crippen LogP contribution in [-0.4, -0.2) is 50.5 Å². The van der Waals surface area contributed by atoms with Crippen LogP contribution >= 0.6 is 0 Å². The molecule has 7 nitrogen and oxygen atoms in total. The monoisotopic (exact) mass is 459 g/mol. The number of para-hydroxylation sites is 1. The second-order valence-corrected chi connectivity index (χ2v) is 9.48. The minimum absolute atomic E-state index is 0.211. The number of carbonyl (C=O) groups excluding carboxylic acids is 2. The molecule has 0 heterocycles. The molecule has 0 spiro atoms. The molecule has 8 heteroatoms. The molecule has 2 aromatic carbocycles. The molecule has 0 bridgehead atoms. The number of carbonyl (C=O) groups is 2. The Kier molecular flexibility index (Phi) is 9.26. The number of nitrogens with zero attached hydrogens (tertiary/aromatic N) is 2. The number of amides is 2. The van der Waals surface area contributed by atoms with Crippen LogP contribution < -0.4 is 9.62 Å². The van der Waals surface area contributed by atoms with Gasteiger partial charge in [0.15, 0.2) is 0 Å². The van der Waals surface area contributed by atoms with Crippen LogP contribution in [0.5, 0.6) is 0 Å². The molecule has 0 radical (unpaired) electrons. The Balaban J connectivity index is 2.44. The lowest BCUT2D eigenvalue weighted by atomic mass is 10.1. The summed E-state index contributed by atoms with van der Waals surface area (Å²) in [5, 5.41) is 2.79. The fraction of sp³-hybridized carbons (Fsp3) is 0.417. The summed E-state index contributed by atoms with van der Waals surface area (Å²) >= 11 is 0. The number of hydrogen-bond acceptors (Lipinski definition) is 4. The van der Waals surface area contributed by atoms with Gasteiger partial charge < -0.3 is 10.2 Å². The Morgan fingerprint density at radius 2 is 1.59 bits per heavy atom. The number of benzene rings is 2. The van der Waals surface area contributed by atoms with Crippen molar-refractivity contribution in [3.8, 4) is 0 Å². The predicted octanol–water partition coefficient (Wildman–Crippen LogP) is 2.96. The van der Waals surface area contributed by atoms with Crippen molar-refractivity contribution < 1.29 is 18.0 Å². The number of likely N-dealkylation sites (N-methyl/N-ethyl adjacent to an activating group) is 1. The molecule has 174 valence electrons. The van der Waals surface area contributed by atoms with E-state index in [1.165, 1.54) is 4.90 Å². The molecule has 0 aromatic heterocycles. The minimum atomic E-state index is -3.73. The second kappa shape index (κ2) is 11.7. The number of hydrogen-bond donors (Lipinski definition) is 1. The Labute approximate surface area is 191 Å². The molecule has 0 saturated heterocycles. The Hall–Kier alpha value is -2.87. The third-order valence-electron chi connectivity index (χ3n) is 5.25. The molecule has 0 saturated carbocycles. The van der Waals surface area contributed by atoms with Gasteiger partial charge in [-0.2, -0.15) is 0 Å². The fourth-order valence-corrected chi connectivity index (χ4v) is 4.52. The highest BCUT2D eigenvalue weighted by atomic mass is 32.2. The van der Waals surface area contributed by atoms with E-state index < -0.39 is 22.0 Å². The van der Waals surface area contributed by atoms with E-state index in [0.29, 0.717) is 25.1 Å². The van der Waals surface area contributed by atoms with E-state index in [9.17, 15) is 18.0 Å². The Morgan fingerprint density at radius 1 is 0.969 bits per heavy atom. The summed E-state index contributed by atoms with van der Waals surface area (Å²) in [6.07, 6.45) is 2.13. The SMILES string of the molecule is CCNC(=O)[C@H](CC)N(Cc1ccccc1)C(=O)CN(c1ccccc1CC)S(C)(=O)=O. The molecule has 2 aromatic rings. The second-order valence-electron chi connectivity index (χ2n) is 7.58. The van der Waals surface area contributed by atoms with E-state index in [1.54, 1.807) is 12.1 Å². The summed E-state index contributed by atoms with van der Waals surface area (Å²) in [5.41, 5.74) is 2.18. The summed E-state index contributed by atoms with van der Waals surface area (Å²) in [4.78, 5) is 27.7. The summed E-state index contributed by atoms with van der Waals surface area (Å²) in [6.45, 7) is 5.88. The molecular weight excluding hydrogens is 426 g/mol. The standard InChI is InChI=1S/C24H33N3O4S/c1-5-20-15-11-12-16-22(20)27(32(4,30)31)18-23(28)26(17-19-13-9-8-10-14-19)21(6-2)24(29)25-7-3/h8-16,21H,5-7,17-18H2,1-4H3,(H,25,29)/t21-/m0/s1. The van der Waals surface area contributed by atoms with Crippen molar-refractivity contribution in [2.24, 2.45) is 0 Å². The van der Waals surface area contributed by atoms with E-state index in [4.69, 9.17) is 0 Å². The smallest absolute Gasteiger partial charge is 0.244 e. The Bertz CT molecular complexity index is 1010. The molecule has 0 aliphatic carbocycles. The third kappa shape index (κ3) is 6.56. The van der Waals surface area contributed by atoms with Gasteiger partial charge in [0, 0.05) is 13.1 Å². The number of aryl methyl sites for hydroxylation is 1. The number of sulfonamides is 1. The zero-order chi connectivity index (χ0) is 23.7. The van der Waals surface area contributed by atoms with Crippen LogP contribution in [0, 0.1) is 0 Å². The highest BCUT2D eigenvalue weighted by molar-refractivity contribution is 7.92. The first kappa shape index (κ1) is 25.4. The molecule has 0 aliphatic heterocycles. The highest BCUT2D eigenvalue weighted by Crippen LogP contribution is 2.24. The van der Waals surface area contributed by atoms with Gasteiger partial charge in [0.05, 0.1) is 11.9 Å². The van der Waals surface area contributed by atoms with Gasteiger partial charge in [-0.05, 0) is 37.0 Å². The van der Waals surface area contributed by atoms with Crippen molar-refractivity contribution in [1.82, 2.24) is 10.2 Å². The maximum Gasteiger partial charge on any atom is 0.244 e. The van der Waals surface area contributed by atoms with Gasteiger partial charge in [-0.25, -0.2) is 8.42 Å². The fourth-order valence-electron chi connectivity index (χ4n) is 3.64. The van der Waals surface area contributed by atoms with Crippen molar-refractivity contribution in [3.63, 3.8) is 0 Å². The van der Waals surface area contributed by atoms with Crippen molar-refractivity contribution in [2.45, 2.75) is 46.2 Å². The molecule has 1 atom stereocenters. The maximum absolute atomic E-state index is 13.5.